The van der Waals surface area contributed by atoms with Crippen molar-refractivity contribution in [2.75, 3.05) is 23.9 Å². The summed E-state index contributed by atoms with van der Waals surface area (Å²) in [5.41, 5.74) is 3.84. The van der Waals surface area contributed by atoms with Crippen LogP contribution >= 0.6 is 23.5 Å². The number of thioether (sulfide) groups is 2. The normalized spacial score (nSPS) is 15.2. The first-order valence-corrected chi connectivity index (χ1v) is 10.1. The summed E-state index contributed by atoms with van der Waals surface area (Å²) in [6, 6.07) is 15.7. The molecule has 0 saturated carbocycles. The summed E-state index contributed by atoms with van der Waals surface area (Å²) < 4.78 is 5.57. The van der Waals surface area contributed by atoms with Gasteiger partial charge in [0.1, 0.15) is 0 Å². The molecule has 0 bridgehead atoms. The van der Waals surface area contributed by atoms with E-state index in [2.05, 4.69) is 17.4 Å². The molecule has 0 unspecified atom stereocenters. The molecular weight excluding hydrogens is 338 g/mol. The molecule has 0 radical (unpaired) electrons. The summed E-state index contributed by atoms with van der Waals surface area (Å²) in [4.78, 5) is 12.4. The lowest BCUT2D eigenvalue weighted by atomic mass is 10.1. The molecule has 5 heteroatoms. The number of carbonyl (C=O) groups excluding carboxylic acids is 1. The summed E-state index contributed by atoms with van der Waals surface area (Å²) in [5.74, 6) is 2.34. The summed E-state index contributed by atoms with van der Waals surface area (Å²) >= 11 is 3.97. The number of methoxy groups -OCH3 is 1. The van der Waals surface area contributed by atoms with Crippen LogP contribution in [0.25, 0.3) is 0 Å². The second-order valence-corrected chi connectivity index (χ2v) is 8.36. The maximum absolute atomic E-state index is 12.4. The summed E-state index contributed by atoms with van der Waals surface area (Å²) in [6.45, 7) is 0.556. The van der Waals surface area contributed by atoms with Crippen LogP contribution < -0.4 is 5.32 Å². The molecule has 0 spiro atoms. The van der Waals surface area contributed by atoms with E-state index < -0.39 is 0 Å². The van der Waals surface area contributed by atoms with Gasteiger partial charge in [-0.2, -0.15) is 0 Å². The minimum Gasteiger partial charge on any atom is -0.380 e. The van der Waals surface area contributed by atoms with E-state index in [1.54, 1.807) is 7.11 Å². The minimum atomic E-state index is -0.0833. The fraction of sp³-hybridized carbons (Fsp3) is 0.316. The molecule has 0 aromatic heterocycles. The Hall–Kier alpha value is -1.43. The highest BCUT2D eigenvalue weighted by atomic mass is 32.2. The minimum absolute atomic E-state index is 0.0833. The van der Waals surface area contributed by atoms with E-state index in [1.165, 1.54) is 23.5 Å². The molecule has 1 aliphatic heterocycles. The number of benzene rings is 2. The van der Waals surface area contributed by atoms with Gasteiger partial charge < -0.3 is 10.1 Å². The molecular formula is C19H21NO2S2. The zero-order chi connectivity index (χ0) is 16.8. The van der Waals surface area contributed by atoms with Crippen LogP contribution in [0.15, 0.2) is 48.5 Å². The lowest BCUT2D eigenvalue weighted by Gasteiger charge is -2.21. The standard InChI is InChI=1S/C19H21NO2S2/c1-22-13-14-6-8-15(9-7-14)18(21)20-17-5-2-4-16(12-17)19-23-10-3-11-24-19/h2,4-9,12,19H,3,10-11,13H2,1H3,(H,20,21). The van der Waals surface area contributed by atoms with Crippen molar-refractivity contribution in [1.29, 1.82) is 0 Å². The Morgan fingerprint density at radius 2 is 1.92 bits per heavy atom. The lowest BCUT2D eigenvalue weighted by Crippen LogP contribution is -2.12. The molecule has 1 amide bonds. The van der Waals surface area contributed by atoms with Crippen molar-refractivity contribution in [1.82, 2.24) is 0 Å². The van der Waals surface area contributed by atoms with Crippen LogP contribution in [0.2, 0.25) is 0 Å². The van der Waals surface area contributed by atoms with E-state index in [9.17, 15) is 4.79 Å². The van der Waals surface area contributed by atoms with E-state index in [0.717, 1.165) is 11.3 Å². The number of anilines is 1. The summed E-state index contributed by atoms with van der Waals surface area (Å²) in [5, 5.41) is 3.00. The van der Waals surface area contributed by atoms with E-state index in [-0.39, 0.29) is 5.91 Å². The van der Waals surface area contributed by atoms with Crippen LogP contribution in [0.4, 0.5) is 5.69 Å². The average molecular weight is 360 g/mol. The summed E-state index contributed by atoms with van der Waals surface area (Å²) in [7, 11) is 1.66. The maximum Gasteiger partial charge on any atom is 0.255 e. The molecule has 24 heavy (non-hydrogen) atoms. The van der Waals surface area contributed by atoms with Crippen molar-refractivity contribution in [2.24, 2.45) is 0 Å². The van der Waals surface area contributed by atoms with E-state index in [0.29, 0.717) is 16.8 Å². The number of nitrogens with one attached hydrogen (secondary N) is 1. The van der Waals surface area contributed by atoms with Crippen molar-refractivity contribution in [3.8, 4) is 0 Å². The predicted octanol–water partition coefficient (Wildman–Crippen LogP) is 4.95. The number of carbonyl (C=O) groups is 1. The third-order valence-corrected chi connectivity index (χ3v) is 6.79. The number of hydrogen-bond acceptors (Lipinski definition) is 4. The van der Waals surface area contributed by atoms with Gasteiger partial charge in [-0.15, -0.1) is 23.5 Å². The predicted molar refractivity (Wildman–Crippen MR) is 104 cm³/mol. The first kappa shape index (κ1) is 17.4. The van der Waals surface area contributed by atoms with Gasteiger partial charge in [-0.1, -0.05) is 24.3 Å². The molecule has 1 aliphatic rings. The SMILES string of the molecule is COCc1ccc(C(=O)Nc2cccc(C3SCCCS3)c2)cc1. The van der Waals surface area contributed by atoms with Crippen LogP contribution in [0.5, 0.6) is 0 Å². The Kier molecular flexibility index (Phi) is 6.24. The molecule has 1 N–H and O–H groups in total. The average Bonchev–Trinajstić information content (AvgIpc) is 2.63. The largest absolute Gasteiger partial charge is 0.380 e. The van der Waals surface area contributed by atoms with Crippen molar-refractivity contribution in [3.63, 3.8) is 0 Å². The number of amides is 1. The molecule has 126 valence electrons. The van der Waals surface area contributed by atoms with Crippen LogP contribution in [0.3, 0.4) is 0 Å². The van der Waals surface area contributed by atoms with Gasteiger partial charge in [0, 0.05) is 18.4 Å². The number of ether oxygens (including phenoxy) is 1. The summed E-state index contributed by atoms with van der Waals surface area (Å²) in [6.07, 6.45) is 1.28. The van der Waals surface area contributed by atoms with Crippen LogP contribution in [0.1, 0.15) is 32.5 Å². The molecule has 1 saturated heterocycles. The smallest absolute Gasteiger partial charge is 0.255 e. The molecule has 1 fully saturated rings. The Labute approximate surface area is 151 Å². The third-order valence-electron chi connectivity index (χ3n) is 3.77. The molecule has 0 atom stereocenters. The second-order valence-electron chi connectivity index (χ2n) is 5.64. The lowest BCUT2D eigenvalue weighted by molar-refractivity contribution is 0.102. The van der Waals surface area contributed by atoms with E-state index >= 15 is 0 Å². The van der Waals surface area contributed by atoms with Crippen molar-refractivity contribution in [3.05, 3.63) is 65.2 Å². The van der Waals surface area contributed by atoms with Gasteiger partial charge in [0.05, 0.1) is 11.2 Å². The van der Waals surface area contributed by atoms with Crippen LogP contribution in [0, 0.1) is 0 Å². The Bertz CT molecular complexity index is 682. The fourth-order valence-electron chi connectivity index (χ4n) is 2.57. The van der Waals surface area contributed by atoms with Crippen LogP contribution in [-0.2, 0) is 11.3 Å². The van der Waals surface area contributed by atoms with Crippen LogP contribution in [-0.4, -0.2) is 24.5 Å². The highest BCUT2D eigenvalue weighted by molar-refractivity contribution is 8.16. The van der Waals surface area contributed by atoms with Crippen molar-refractivity contribution < 1.29 is 9.53 Å². The molecule has 2 aromatic carbocycles. The fourth-order valence-corrected chi connectivity index (χ4v) is 5.44. The van der Waals surface area contributed by atoms with Gasteiger partial charge in [-0.05, 0) is 53.3 Å². The van der Waals surface area contributed by atoms with E-state index in [4.69, 9.17) is 4.74 Å². The molecule has 2 aromatic rings. The van der Waals surface area contributed by atoms with Gasteiger partial charge >= 0.3 is 0 Å². The Morgan fingerprint density at radius 3 is 2.62 bits per heavy atom. The van der Waals surface area contributed by atoms with Gasteiger partial charge in [0.2, 0.25) is 0 Å². The Balaban J connectivity index is 1.67. The zero-order valence-corrected chi connectivity index (χ0v) is 15.3. The van der Waals surface area contributed by atoms with Gasteiger partial charge in [-0.25, -0.2) is 0 Å². The number of rotatable bonds is 5. The number of hydrogen-bond donors (Lipinski definition) is 1. The van der Waals surface area contributed by atoms with Crippen molar-refractivity contribution in [2.45, 2.75) is 17.6 Å². The van der Waals surface area contributed by atoms with Crippen molar-refractivity contribution >= 4 is 35.1 Å². The molecule has 3 nitrogen and oxygen atoms in total. The quantitative estimate of drug-likeness (QED) is 0.819. The highest BCUT2D eigenvalue weighted by Crippen LogP contribution is 2.44. The topological polar surface area (TPSA) is 38.3 Å². The first-order valence-electron chi connectivity index (χ1n) is 7.98. The molecule has 3 rings (SSSR count). The molecule has 0 aliphatic carbocycles. The van der Waals surface area contributed by atoms with Gasteiger partial charge in [0.15, 0.2) is 0 Å². The zero-order valence-electron chi connectivity index (χ0n) is 13.7. The monoisotopic (exact) mass is 359 g/mol. The van der Waals surface area contributed by atoms with Gasteiger partial charge in [-0.3, -0.25) is 4.79 Å². The molecule has 1 heterocycles. The second kappa shape index (κ2) is 8.60. The third kappa shape index (κ3) is 4.56. The highest BCUT2D eigenvalue weighted by Gasteiger charge is 2.17. The van der Waals surface area contributed by atoms with E-state index in [1.807, 2.05) is 59.9 Å². The maximum atomic E-state index is 12.4. The van der Waals surface area contributed by atoms with Gasteiger partial charge in [0.25, 0.3) is 5.91 Å². The first-order chi connectivity index (χ1) is 11.8. The Morgan fingerprint density at radius 1 is 1.17 bits per heavy atom.